The molecule has 1 aromatic carbocycles. The van der Waals surface area contributed by atoms with Crippen LogP contribution in [0.3, 0.4) is 0 Å². The van der Waals surface area contributed by atoms with E-state index in [1.807, 2.05) is 0 Å². The summed E-state index contributed by atoms with van der Waals surface area (Å²) in [7, 11) is -13.7. The van der Waals surface area contributed by atoms with Crippen LogP contribution in [0.1, 0.15) is 11.1 Å². The van der Waals surface area contributed by atoms with Crippen molar-refractivity contribution in [2.75, 3.05) is 0 Å². The van der Waals surface area contributed by atoms with Crippen molar-refractivity contribution in [3.05, 3.63) is 46.7 Å². The number of hydrogen-bond acceptors (Lipinski definition) is 12. The van der Waals surface area contributed by atoms with E-state index in [0.717, 1.165) is 18.6 Å². The lowest BCUT2D eigenvalue weighted by Crippen LogP contribution is -2.29. The maximum atomic E-state index is 12.0. The van der Waals surface area contributed by atoms with Gasteiger partial charge in [-0.05, 0) is 8.49 Å². The summed E-state index contributed by atoms with van der Waals surface area (Å²) in [4.78, 5) is -2.11. The van der Waals surface area contributed by atoms with Gasteiger partial charge < -0.3 is 0 Å². The highest BCUT2D eigenvalue weighted by Gasteiger charge is 2.54. The molecule has 26 heavy (non-hydrogen) atoms. The molecular formula is C10H12N4O9S3+3. The number of nitrogens with two attached hydrogens (primary N) is 4. The predicted molar refractivity (Wildman–Crippen MR) is 83.4 cm³/mol. The van der Waals surface area contributed by atoms with E-state index < -0.39 is 51.5 Å². The Morgan fingerprint density at radius 3 is 2.19 bits per heavy atom. The normalized spacial score (nSPS) is 17.1. The van der Waals surface area contributed by atoms with Gasteiger partial charge >= 0.3 is 35.6 Å². The first-order chi connectivity index (χ1) is 11.9. The van der Waals surface area contributed by atoms with E-state index in [1.54, 1.807) is 0 Å². The zero-order valence-corrected chi connectivity index (χ0v) is 15.0. The Balaban J connectivity index is 2.82. The van der Waals surface area contributed by atoms with Crippen molar-refractivity contribution >= 4 is 30.7 Å². The van der Waals surface area contributed by atoms with Gasteiger partial charge in [0.25, 0.3) is 10.5 Å². The Morgan fingerprint density at radius 1 is 1.12 bits per heavy atom. The third-order valence-corrected chi connectivity index (χ3v) is 6.62. The average Bonchev–Trinajstić information content (AvgIpc) is 2.60. The molecule has 0 spiro atoms. The molecule has 1 unspecified atom stereocenters. The van der Waals surface area contributed by atoms with Crippen LogP contribution in [0.5, 0.6) is 0 Å². The molecule has 1 atom stereocenters. The zero-order chi connectivity index (χ0) is 19.9. The average molecular weight is 428 g/mol. The third kappa shape index (κ3) is 3.48. The topological polar surface area (TPSA) is 237 Å². The summed E-state index contributed by atoms with van der Waals surface area (Å²) in [5.41, 5.74) is 5.24. The van der Waals surface area contributed by atoms with Crippen LogP contribution in [0.25, 0.3) is 0 Å². The highest BCUT2D eigenvalue weighted by molar-refractivity contribution is 7.93. The van der Waals surface area contributed by atoms with Crippen LogP contribution in [-0.4, -0.2) is 16.8 Å². The van der Waals surface area contributed by atoms with Gasteiger partial charge in [-0.3, -0.25) is 0 Å². The smallest absolute Gasteiger partial charge is 0.224 e. The van der Waals surface area contributed by atoms with Crippen LogP contribution in [0, 0.1) is 12.5 Å². The molecule has 1 aromatic rings. The molecule has 0 bridgehead atoms. The van der Waals surface area contributed by atoms with Crippen molar-refractivity contribution in [3.63, 3.8) is 0 Å². The van der Waals surface area contributed by atoms with Gasteiger partial charge in [0.1, 0.15) is 6.07 Å². The van der Waals surface area contributed by atoms with E-state index in [-0.39, 0.29) is 11.1 Å². The van der Waals surface area contributed by atoms with Gasteiger partial charge in [-0.25, -0.2) is 5.73 Å². The summed E-state index contributed by atoms with van der Waals surface area (Å²) in [5, 5.41) is 0. The van der Waals surface area contributed by atoms with Crippen LogP contribution in [-0.2, 0) is 52.3 Å². The molecule has 0 aliphatic heterocycles. The number of rotatable bonds is 6. The first-order valence-electron chi connectivity index (χ1n) is 6.17. The van der Waals surface area contributed by atoms with E-state index in [2.05, 4.69) is 24.6 Å². The van der Waals surface area contributed by atoms with Gasteiger partial charge in [-0.2, -0.15) is 43.1 Å². The molecule has 0 amide bonds. The molecule has 141 valence electrons. The minimum atomic E-state index is -4.63. The molecule has 0 aromatic heterocycles. The molecule has 16 heteroatoms. The zero-order valence-electron chi connectivity index (χ0n) is 12.5. The quantitative estimate of drug-likeness (QED) is 0.214. The van der Waals surface area contributed by atoms with Crippen LogP contribution in [0.15, 0.2) is 32.9 Å². The molecule has 0 saturated carbocycles. The Hall–Kier alpha value is -1.57. The van der Waals surface area contributed by atoms with E-state index in [4.69, 9.17) is 11.6 Å². The molecular weight excluding hydrogens is 416 g/mol. The van der Waals surface area contributed by atoms with Crippen molar-refractivity contribution in [1.29, 1.82) is 0 Å². The van der Waals surface area contributed by atoms with Crippen molar-refractivity contribution in [1.82, 2.24) is 0 Å². The summed E-state index contributed by atoms with van der Waals surface area (Å²) < 4.78 is 82.9. The lowest BCUT2D eigenvalue weighted by atomic mass is 9.93. The lowest BCUT2D eigenvalue weighted by Gasteiger charge is -2.11. The lowest BCUT2D eigenvalue weighted by molar-refractivity contribution is 0.261. The van der Waals surface area contributed by atoms with Crippen molar-refractivity contribution < 1.29 is 38.4 Å². The van der Waals surface area contributed by atoms with Crippen LogP contribution in [0.2, 0.25) is 0 Å². The fraction of sp³-hybridized carbons (Fsp3) is 0. The molecule has 0 saturated heterocycles. The second-order valence-electron chi connectivity index (χ2n) is 4.64. The van der Waals surface area contributed by atoms with E-state index in [1.165, 1.54) is 0 Å². The standard InChI is InChI=1S/C10H12N4O9S3/c11-10-7-3-5(24(15,16)21-12)4-9(26(19,20)23-14)6(7)1-2-8(10)25(17,18)22-13/h1-4H,11-14H2/q+3. The van der Waals surface area contributed by atoms with Gasteiger partial charge in [-0.15, -0.1) is 0 Å². The van der Waals surface area contributed by atoms with E-state index in [9.17, 15) is 25.6 Å². The van der Waals surface area contributed by atoms with Gasteiger partial charge in [0.15, 0.2) is 12.1 Å². The molecule has 0 heterocycles. The second kappa shape index (κ2) is 6.87. The van der Waals surface area contributed by atoms with Gasteiger partial charge in [0.2, 0.25) is 10.5 Å². The number of benzene rings is 1. The Kier molecular flexibility index (Phi) is 5.48. The first kappa shape index (κ1) is 20.7. The fourth-order valence-electron chi connectivity index (χ4n) is 2.11. The Bertz CT molecular complexity index is 1020. The van der Waals surface area contributed by atoms with Crippen molar-refractivity contribution in [2.24, 2.45) is 23.4 Å². The molecule has 13 nitrogen and oxygen atoms in total. The molecule has 1 aliphatic carbocycles. The van der Waals surface area contributed by atoms with E-state index >= 15 is 0 Å². The second-order valence-corrected chi connectivity index (χ2v) is 9.30. The first-order valence-corrected chi connectivity index (χ1v) is 10.4. The largest absolute Gasteiger partial charge is 0.488 e. The summed E-state index contributed by atoms with van der Waals surface area (Å²) >= 11 is 0. The molecule has 8 N–H and O–H groups in total. The molecule has 0 fully saturated rings. The maximum absolute atomic E-state index is 12.0. The van der Waals surface area contributed by atoms with Gasteiger partial charge in [0, 0.05) is 12.5 Å². The van der Waals surface area contributed by atoms with Crippen LogP contribution < -0.4 is 23.4 Å². The van der Waals surface area contributed by atoms with Gasteiger partial charge in [-0.1, -0.05) is 0 Å². The molecule has 1 aliphatic rings. The monoisotopic (exact) mass is 428 g/mol. The van der Waals surface area contributed by atoms with Gasteiger partial charge in [0.05, 0.1) is 4.55 Å². The summed E-state index contributed by atoms with van der Waals surface area (Å²) in [6, 6.07) is 0.952. The van der Waals surface area contributed by atoms with Crippen LogP contribution >= 0.6 is 0 Å². The number of hydrogen-bond donors (Lipinski definition) is 4. The number of fused-ring (bicyclic) bond motifs is 1. The minimum absolute atomic E-state index is 0.195. The third-order valence-electron chi connectivity index (χ3n) is 3.28. The minimum Gasteiger partial charge on any atom is -0.224 e. The van der Waals surface area contributed by atoms with Crippen molar-refractivity contribution in [3.8, 4) is 0 Å². The molecule has 1 radical (unpaired) electrons. The molecule has 2 rings (SSSR count). The summed E-state index contributed by atoms with van der Waals surface area (Å²) in [6.45, 7) is 0. The highest BCUT2D eigenvalue weighted by Crippen LogP contribution is 2.39. The van der Waals surface area contributed by atoms with E-state index in [0.29, 0.717) is 6.07 Å². The van der Waals surface area contributed by atoms with Crippen LogP contribution in [0.4, 0.5) is 0 Å². The highest BCUT2D eigenvalue weighted by atomic mass is 32.3. The predicted octanol–water partition coefficient (Wildman–Crippen LogP) is -2.22. The summed E-state index contributed by atoms with van der Waals surface area (Å²) in [5.74, 6) is 14.1. The SMILES string of the molecule is NOS(=O)(=O)C1=C[CH+]c2c([cH+]c(S(=O)(=O)ON)c[c-]2[S+]([O])(=O)ON)[C+]1N. The Labute approximate surface area is 149 Å². The maximum Gasteiger partial charge on any atom is 0.488 e. The number of allylic oxidation sites excluding steroid dienone is 1. The fourth-order valence-corrected chi connectivity index (χ4v) is 4.36. The summed E-state index contributed by atoms with van der Waals surface area (Å²) in [6.07, 6.45) is 1.92. The Morgan fingerprint density at radius 2 is 1.69 bits per heavy atom. The van der Waals surface area contributed by atoms with Crippen molar-refractivity contribution in [2.45, 2.75) is 9.79 Å².